The lowest BCUT2D eigenvalue weighted by atomic mass is 10.3. The van der Waals surface area contributed by atoms with E-state index in [1.165, 1.54) is 11.3 Å². The number of hydrogen-bond donors (Lipinski definition) is 2. The maximum Gasteiger partial charge on any atom is 0.327 e. The van der Waals surface area contributed by atoms with Crippen LogP contribution in [-0.2, 0) is 0 Å². The largest absolute Gasteiger partial charge is 0.327 e. The first-order valence-corrected chi connectivity index (χ1v) is 5.19. The molecule has 0 aliphatic heterocycles. The monoisotopic (exact) mass is 237 g/mol. The fourth-order valence-corrected chi connectivity index (χ4v) is 1.45. The van der Waals surface area contributed by atoms with Gasteiger partial charge in [-0.25, -0.2) is 9.78 Å². The van der Waals surface area contributed by atoms with Crippen LogP contribution in [-0.4, -0.2) is 15.0 Å². The van der Waals surface area contributed by atoms with Crippen molar-refractivity contribution in [1.29, 1.82) is 0 Å². The standard InChI is InChI=1S/C8H7N5O2S/c1-4-5(10-7(15)11-6(4)14)12-13-8-9-2-3-16-8/h2-3H,1H3,(H2,10,11,14,15)/b13-12+. The summed E-state index contributed by atoms with van der Waals surface area (Å²) < 4.78 is 0. The Morgan fingerprint density at radius 3 is 2.81 bits per heavy atom. The van der Waals surface area contributed by atoms with Gasteiger partial charge in [0.05, 0.1) is 5.56 Å². The Morgan fingerprint density at radius 2 is 2.12 bits per heavy atom. The average molecular weight is 237 g/mol. The molecule has 2 aromatic heterocycles. The maximum atomic E-state index is 11.2. The Morgan fingerprint density at radius 1 is 1.31 bits per heavy atom. The molecule has 0 unspecified atom stereocenters. The lowest BCUT2D eigenvalue weighted by Gasteiger charge is -1.94. The normalized spacial score (nSPS) is 11.1. The molecule has 8 heteroatoms. The summed E-state index contributed by atoms with van der Waals surface area (Å²) in [7, 11) is 0. The summed E-state index contributed by atoms with van der Waals surface area (Å²) in [5, 5.41) is 9.77. The van der Waals surface area contributed by atoms with Gasteiger partial charge in [-0.15, -0.1) is 21.6 Å². The summed E-state index contributed by atoms with van der Waals surface area (Å²) in [4.78, 5) is 30.6. The Bertz CT molecular complexity index is 625. The van der Waals surface area contributed by atoms with Crippen LogP contribution in [0.3, 0.4) is 0 Å². The molecule has 0 amide bonds. The van der Waals surface area contributed by atoms with Crippen LogP contribution in [0.5, 0.6) is 0 Å². The molecule has 0 saturated heterocycles. The third-order valence-corrected chi connectivity index (χ3v) is 2.47. The van der Waals surface area contributed by atoms with Crippen LogP contribution in [0.4, 0.5) is 10.9 Å². The van der Waals surface area contributed by atoms with E-state index in [1.807, 2.05) is 0 Å². The molecule has 0 aliphatic rings. The van der Waals surface area contributed by atoms with Gasteiger partial charge in [0.1, 0.15) is 0 Å². The van der Waals surface area contributed by atoms with Crippen LogP contribution < -0.4 is 11.2 Å². The molecule has 0 aromatic carbocycles. The molecule has 0 radical (unpaired) electrons. The molecular weight excluding hydrogens is 230 g/mol. The molecule has 0 aliphatic carbocycles. The summed E-state index contributed by atoms with van der Waals surface area (Å²) in [5.41, 5.74) is -0.777. The Hall–Kier alpha value is -2.09. The molecular formula is C8H7N5O2S. The number of azo groups is 1. The number of hydrogen-bond acceptors (Lipinski definition) is 6. The summed E-state index contributed by atoms with van der Waals surface area (Å²) in [6.07, 6.45) is 1.59. The number of rotatable bonds is 2. The number of H-pyrrole nitrogens is 2. The smallest absolute Gasteiger partial charge is 0.290 e. The fourth-order valence-electron chi connectivity index (χ4n) is 0.995. The van der Waals surface area contributed by atoms with Gasteiger partial charge in [-0.2, -0.15) is 0 Å². The summed E-state index contributed by atoms with van der Waals surface area (Å²) >= 11 is 1.31. The molecule has 2 heterocycles. The van der Waals surface area contributed by atoms with Crippen molar-refractivity contribution in [3.8, 4) is 0 Å². The zero-order valence-electron chi connectivity index (χ0n) is 8.22. The minimum atomic E-state index is -0.608. The molecule has 2 aromatic rings. The number of thiazole rings is 1. The van der Waals surface area contributed by atoms with Gasteiger partial charge in [0.25, 0.3) is 5.56 Å². The third-order valence-electron chi connectivity index (χ3n) is 1.81. The zero-order chi connectivity index (χ0) is 11.5. The number of nitrogens with zero attached hydrogens (tertiary/aromatic N) is 3. The summed E-state index contributed by atoms with van der Waals surface area (Å²) in [5.74, 6) is 0.143. The SMILES string of the molecule is Cc1c(/N=N/c2nccs2)[nH]c(=O)[nH]c1=O. The molecule has 16 heavy (non-hydrogen) atoms. The minimum absolute atomic E-state index is 0.143. The highest BCUT2D eigenvalue weighted by atomic mass is 32.1. The van der Waals surface area contributed by atoms with E-state index < -0.39 is 11.2 Å². The van der Waals surface area contributed by atoms with Gasteiger partial charge in [-0.3, -0.25) is 14.8 Å². The highest BCUT2D eigenvalue weighted by molar-refractivity contribution is 7.13. The number of aromatic amines is 2. The van der Waals surface area contributed by atoms with Gasteiger partial charge in [0.15, 0.2) is 5.82 Å². The van der Waals surface area contributed by atoms with Crippen molar-refractivity contribution in [2.75, 3.05) is 0 Å². The second-order valence-corrected chi connectivity index (χ2v) is 3.77. The van der Waals surface area contributed by atoms with E-state index >= 15 is 0 Å². The van der Waals surface area contributed by atoms with Gasteiger partial charge < -0.3 is 0 Å². The minimum Gasteiger partial charge on any atom is -0.290 e. The Kier molecular flexibility index (Phi) is 2.73. The van der Waals surface area contributed by atoms with Crippen LogP contribution in [0.15, 0.2) is 31.4 Å². The van der Waals surface area contributed by atoms with E-state index in [0.717, 1.165) is 0 Å². The predicted octanol–water partition coefficient (Wildman–Crippen LogP) is 1.24. The van der Waals surface area contributed by atoms with Gasteiger partial charge in [-0.1, -0.05) is 0 Å². The molecule has 7 nitrogen and oxygen atoms in total. The molecule has 2 N–H and O–H groups in total. The van der Waals surface area contributed by atoms with Gasteiger partial charge >= 0.3 is 5.69 Å². The summed E-state index contributed by atoms with van der Waals surface area (Å²) in [6.45, 7) is 1.55. The molecule has 0 bridgehead atoms. The predicted molar refractivity (Wildman–Crippen MR) is 58.7 cm³/mol. The van der Waals surface area contributed by atoms with Crippen LogP contribution in [0.1, 0.15) is 5.56 Å². The van der Waals surface area contributed by atoms with E-state index in [0.29, 0.717) is 10.7 Å². The topological polar surface area (TPSA) is 103 Å². The third kappa shape index (κ3) is 2.11. The molecule has 0 fully saturated rings. The van der Waals surface area contributed by atoms with Crippen LogP contribution in [0, 0.1) is 6.92 Å². The van der Waals surface area contributed by atoms with Gasteiger partial charge in [0, 0.05) is 11.6 Å². The van der Waals surface area contributed by atoms with E-state index in [2.05, 4.69) is 25.2 Å². The van der Waals surface area contributed by atoms with Crippen molar-refractivity contribution in [1.82, 2.24) is 15.0 Å². The van der Waals surface area contributed by atoms with Crippen molar-refractivity contribution >= 4 is 22.3 Å². The first-order valence-electron chi connectivity index (χ1n) is 4.31. The second-order valence-electron chi connectivity index (χ2n) is 2.90. The van der Waals surface area contributed by atoms with Gasteiger partial charge in [0.2, 0.25) is 5.13 Å². The molecule has 82 valence electrons. The van der Waals surface area contributed by atoms with Crippen molar-refractivity contribution < 1.29 is 0 Å². The lowest BCUT2D eigenvalue weighted by Crippen LogP contribution is -2.23. The van der Waals surface area contributed by atoms with Crippen LogP contribution in [0.2, 0.25) is 0 Å². The highest BCUT2D eigenvalue weighted by Gasteiger charge is 2.03. The van der Waals surface area contributed by atoms with Crippen LogP contribution >= 0.6 is 11.3 Å². The van der Waals surface area contributed by atoms with Gasteiger partial charge in [-0.05, 0) is 6.92 Å². The Balaban J connectivity index is 2.42. The number of aromatic nitrogens is 3. The molecule has 2 rings (SSSR count). The zero-order valence-corrected chi connectivity index (χ0v) is 9.04. The average Bonchev–Trinajstić information content (AvgIpc) is 2.74. The summed E-state index contributed by atoms with van der Waals surface area (Å²) in [6, 6.07) is 0. The van der Waals surface area contributed by atoms with Crippen molar-refractivity contribution in [2.24, 2.45) is 10.2 Å². The number of nitrogens with one attached hydrogen (secondary N) is 2. The van der Waals surface area contributed by atoms with E-state index in [1.54, 1.807) is 18.5 Å². The van der Waals surface area contributed by atoms with E-state index in [4.69, 9.17) is 0 Å². The fraction of sp³-hybridized carbons (Fsp3) is 0.125. The molecule has 0 atom stereocenters. The first kappa shape index (κ1) is 10.4. The Labute approximate surface area is 92.9 Å². The second kappa shape index (κ2) is 4.19. The maximum absolute atomic E-state index is 11.2. The van der Waals surface area contributed by atoms with Crippen molar-refractivity contribution in [3.05, 3.63) is 38.0 Å². The van der Waals surface area contributed by atoms with Crippen molar-refractivity contribution in [2.45, 2.75) is 6.92 Å². The van der Waals surface area contributed by atoms with Crippen molar-refractivity contribution in [3.63, 3.8) is 0 Å². The van der Waals surface area contributed by atoms with Crippen LogP contribution in [0.25, 0.3) is 0 Å². The molecule has 0 spiro atoms. The highest BCUT2D eigenvalue weighted by Crippen LogP contribution is 2.18. The first-order chi connectivity index (χ1) is 7.66. The quantitative estimate of drug-likeness (QED) is 0.768. The van der Waals surface area contributed by atoms with E-state index in [-0.39, 0.29) is 5.82 Å². The molecule has 0 saturated carbocycles. The van der Waals surface area contributed by atoms with E-state index in [9.17, 15) is 9.59 Å². The lowest BCUT2D eigenvalue weighted by molar-refractivity contribution is 0.981.